The number of carbonyl (C=O) groups is 3. The van der Waals surface area contributed by atoms with Crippen molar-refractivity contribution >= 4 is 17.7 Å². The Bertz CT molecular complexity index is 563. The first-order valence-corrected chi connectivity index (χ1v) is 6.42. The van der Waals surface area contributed by atoms with Crippen LogP contribution in [0.5, 0.6) is 0 Å². The number of ketones is 1. The van der Waals surface area contributed by atoms with Crippen LogP contribution in [0.15, 0.2) is 24.3 Å². The van der Waals surface area contributed by atoms with Crippen molar-refractivity contribution in [1.82, 2.24) is 0 Å². The Labute approximate surface area is 116 Å². The van der Waals surface area contributed by atoms with Gasteiger partial charge in [0.05, 0.1) is 20.1 Å². The molecule has 1 atom stereocenters. The van der Waals surface area contributed by atoms with Crippen LogP contribution < -0.4 is 0 Å². The molecule has 0 saturated carbocycles. The van der Waals surface area contributed by atoms with Crippen molar-refractivity contribution in [2.75, 3.05) is 13.7 Å². The van der Waals surface area contributed by atoms with E-state index >= 15 is 0 Å². The van der Waals surface area contributed by atoms with Crippen molar-refractivity contribution in [2.24, 2.45) is 5.41 Å². The summed E-state index contributed by atoms with van der Waals surface area (Å²) in [6.07, 6.45) is -0.117. The van der Waals surface area contributed by atoms with Crippen molar-refractivity contribution < 1.29 is 23.9 Å². The van der Waals surface area contributed by atoms with Crippen LogP contribution >= 0.6 is 0 Å². The summed E-state index contributed by atoms with van der Waals surface area (Å²) in [6, 6.07) is 6.97. The van der Waals surface area contributed by atoms with Crippen molar-refractivity contribution in [1.29, 1.82) is 0 Å². The molecule has 0 N–H and O–H groups in total. The molecule has 1 aromatic rings. The number of hydrogen-bond acceptors (Lipinski definition) is 5. The Balaban J connectivity index is 2.39. The molecule has 0 spiro atoms. The zero-order chi connectivity index (χ0) is 14.8. The molecule has 1 aliphatic rings. The number of carbonyl (C=O) groups excluding carboxylic acids is 3. The molecule has 0 fully saturated rings. The van der Waals surface area contributed by atoms with Crippen molar-refractivity contribution in [3.63, 3.8) is 0 Å². The standard InChI is InChI=1S/C15H16O5/c1-3-20-12(16)9-15(14(18)19-2)8-10-6-4-5-7-11(10)13(15)17/h4-7H,3,8-9H2,1-2H3. The van der Waals surface area contributed by atoms with Gasteiger partial charge in [-0.1, -0.05) is 24.3 Å². The molecule has 1 aliphatic carbocycles. The van der Waals surface area contributed by atoms with Gasteiger partial charge in [0.25, 0.3) is 0 Å². The molecule has 1 aromatic carbocycles. The van der Waals surface area contributed by atoms with Crippen LogP contribution in [0.4, 0.5) is 0 Å². The highest BCUT2D eigenvalue weighted by Crippen LogP contribution is 2.40. The van der Waals surface area contributed by atoms with Gasteiger partial charge >= 0.3 is 11.9 Å². The fraction of sp³-hybridized carbons (Fsp3) is 0.400. The third-order valence-corrected chi connectivity index (χ3v) is 3.52. The molecule has 2 rings (SSSR count). The molecule has 20 heavy (non-hydrogen) atoms. The van der Waals surface area contributed by atoms with Gasteiger partial charge in [-0.25, -0.2) is 0 Å². The number of ether oxygens (including phenoxy) is 2. The average Bonchev–Trinajstić information content (AvgIpc) is 2.72. The quantitative estimate of drug-likeness (QED) is 0.616. The number of rotatable bonds is 4. The molecule has 0 aromatic heterocycles. The van der Waals surface area contributed by atoms with E-state index in [9.17, 15) is 14.4 Å². The maximum absolute atomic E-state index is 12.6. The van der Waals surface area contributed by atoms with Crippen molar-refractivity contribution in [2.45, 2.75) is 19.8 Å². The predicted molar refractivity (Wildman–Crippen MR) is 70.2 cm³/mol. The number of Topliss-reactive ketones (excluding diaryl/α,β-unsaturated/α-hetero) is 1. The molecule has 0 radical (unpaired) electrons. The van der Waals surface area contributed by atoms with Gasteiger partial charge < -0.3 is 9.47 Å². The number of methoxy groups -OCH3 is 1. The highest BCUT2D eigenvalue weighted by Gasteiger charge is 2.54. The van der Waals surface area contributed by atoms with E-state index in [-0.39, 0.29) is 25.2 Å². The summed E-state index contributed by atoms with van der Waals surface area (Å²) in [4.78, 5) is 36.4. The second-order valence-corrected chi connectivity index (χ2v) is 4.72. The maximum atomic E-state index is 12.6. The Hall–Kier alpha value is -2.17. The first-order valence-electron chi connectivity index (χ1n) is 6.42. The van der Waals surface area contributed by atoms with E-state index in [0.29, 0.717) is 5.56 Å². The lowest BCUT2D eigenvalue weighted by atomic mass is 9.80. The Morgan fingerprint density at radius 2 is 2.00 bits per heavy atom. The Kier molecular flexibility index (Phi) is 3.88. The monoisotopic (exact) mass is 276 g/mol. The van der Waals surface area contributed by atoms with Crippen LogP contribution in [0, 0.1) is 5.41 Å². The van der Waals surface area contributed by atoms with Crippen LogP contribution in [-0.4, -0.2) is 31.4 Å². The van der Waals surface area contributed by atoms with Gasteiger partial charge in [-0.2, -0.15) is 0 Å². The molecular weight excluding hydrogens is 260 g/mol. The summed E-state index contributed by atoms with van der Waals surface area (Å²) in [5, 5.41) is 0. The van der Waals surface area contributed by atoms with Crippen molar-refractivity contribution in [3.8, 4) is 0 Å². The third-order valence-electron chi connectivity index (χ3n) is 3.52. The van der Waals surface area contributed by atoms with Gasteiger partial charge in [0.2, 0.25) is 0 Å². The Morgan fingerprint density at radius 1 is 1.30 bits per heavy atom. The topological polar surface area (TPSA) is 69.7 Å². The average molecular weight is 276 g/mol. The number of esters is 2. The number of benzene rings is 1. The summed E-state index contributed by atoms with van der Waals surface area (Å²) in [6.45, 7) is 1.88. The lowest BCUT2D eigenvalue weighted by Gasteiger charge is -2.23. The molecule has 0 aliphatic heterocycles. The normalized spacial score (nSPS) is 20.4. The van der Waals surface area contributed by atoms with E-state index in [1.165, 1.54) is 7.11 Å². The molecule has 1 unspecified atom stereocenters. The third kappa shape index (κ3) is 2.19. The first kappa shape index (κ1) is 14.2. The van der Waals surface area contributed by atoms with Crippen LogP contribution in [0.25, 0.3) is 0 Å². The van der Waals surface area contributed by atoms with Gasteiger partial charge in [-0.15, -0.1) is 0 Å². The highest BCUT2D eigenvalue weighted by atomic mass is 16.5. The zero-order valence-electron chi connectivity index (χ0n) is 11.5. The van der Waals surface area contributed by atoms with Gasteiger partial charge in [0.1, 0.15) is 5.41 Å². The van der Waals surface area contributed by atoms with Gasteiger partial charge in [0, 0.05) is 5.56 Å². The minimum Gasteiger partial charge on any atom is -0.468 e. The number of fused-ring (bicyclic) bond motifs is 1. The van der Waals surface area contributed by atoms with Gasteiger partial charge in [0.15, 0.2) is 5.78 Å². The number of hydrogen-bond donors (Lipinski definition) is 0. The van der Waals surface area contributed by atoms with E-state index in [0.717, 1.165) is 5.56 Å². The minimum atomic E-state index is -1.48. The molecule has 5 heteroatoms. The summed E-state index contributed by atoms with van der Waals surface area (Å²) in [5.41, 5.74) is -0.251. The second-order valence-electron chi connectivity index (χ2n) is 4.72. The molecule has 0 amide bonds. The summed E-state index contributed by atoms with van der Waals surface area (Å²) < 4.78 is 9.62. The zero-order valence-corrected chi connectivity index (χ0v) is 11.5. The van der Waals surface area contributed by atoms with Gasteiger partial charge in [-0.3, -0.25) is 14.4 Å². The second kappa shape index (κ2) is 5.45. The summed E-state index contributed by atoms with van der Waals surface area (Å²) in [5.74, 6) is -1.63. The van der Waals surface area contributed by atoms with E-state index in [2.05, 4.69) is 0 Å². The van der Waals surface area contributed by atoms with E-state index < -0.39 is 17.4 Å². The molecule has 0 saturated heterocycles. The smallest absolute Gasteiger partial charge is 0.320 e. The lowest BCUT2D eigenvalue weighted by Crippen LogP contribution is -2.40. The fourth-order valence-electron chi connectivity index (χ4n) is 2.59. The van der Waals surface area contributed by atoms with Crippen LogP contribution in [0.1, 0.15) is 29.3 Å². The van der Waals surface area contributed by atoms with Gasteiger partial charge in [-0.05, 0) is 18.9 Å². The molecule has 5 nitrogen and oxygen atoms in total. The van der Waals surface area contributed by atoms with E-state index in [1.807, 2.05) is 0 Å². The maximum Gasteiger partial charge on any atom is 0.320 e. The first-order chi connectivity index (χ1) is 9.55. The SMILES string of the molecule is CCOC(=O)CC1(C(=O)OC)Cc2ccccc2C1=O. The lowest BCUT2D eigenvalue weighted by molar-refractivity contribution is -0.157. The van der Waals surface area contributed by atoms with E-state index in [1.54, 1.807) is 31.2 Å². The predicted octanol–water partition coefficient (Wildman–Crippen LogP) is 1.54. The van der Waals surface area contributed by atoms with Crippen LogP contribution in [0.2, 0.25) is 0 Å². The van der Waals surface area contributed by atoms with E-state index in [4.69, 9.17) is 9.47 Å². The molecular formula is C15H16O5. The van der Waals surface area contributed by atoms with Crippen LogP contribution in [0.3, 0.4) is 0 Å². The molecule has 0 bridgehead atoms. The Morgan fingerprint density at radius 3 is 2.60 bits per heavy atom. The fourth-order valence-corrected chi connectivity index (χ4v) is 2.59. The van der Waals surface area contributed by atoms with Crippen molar-refractivity contribution in [3.05, 3.63) is 35.4 Å². The van der Waals surface area contributed by atoms with Crippen LogP contribution in [-0.2, 0) is 25.5 Å². The molecule has 0 heterocycles. The molecule has 106 valence electrons. The minimum absolute atomic E-state index is 0.174. The highest BCUT2D eigenvalue weighted by molar-refractivity contribution is 6.17. The summed E-state index contributed by atoms with van der Waals surface area (Å²) in [7, 11) is 1.21. The summed E-state index contributed by atoms with van der Waals surface area (Å²) >= 11 is 0. The largest absolute Gasteiger partial charge is 0.468 e.